The maximum Gasteiger partial charge on any atom is 0.157 e. The molecule has 1 aromatic carbocycles. The second-order valence-corrected chi connectivity index (χ2v) is 7.44. The van der Waals surface area contributed by atoms with Crippen LogP contribution < -0.4 is 10.5 Å². The van der Waals surface area contributed by atoms with Gasteiger partial charge in [0.05, 0.1) is 11.4 Å². The summed E-state index contributed by atoms with van der Waals surface area (Å²) in [5, 5.41) is 4.40. The summed E-state index contributed by atoms with van der Waals surface area (Å²) in [6, 6.07) is 12.2. The van der Waals surface area contributed by atoms with Gasteiger partial charge >= 0.3 is 0 Å². The van der Waals surface area contributed by atoms with Crippen molar-refractivity contribution in [1.82, 2.24) is 19.5 Å². The minimum Gasteiger partial charge on any atom is -0.489 e. The fourth-order valence-electron chi connectivity index (χ4n) is 3.95. The number of hydrogen-bond donors (Lipinski definition) is 1. The highest BCUT2D eigenvalue weighted by atomic mass is 16.5. The van der Waals surface area contributed by atoms with E-state index in [-0.39, 0.29) is 0 Å². The number of rotatable bonds is 6. The number of hydrogen-bond acceptors (Lipinski definition) is 5. The van der Waals surface area contributed by atoms with Crippen LogP contribution in [0.1, 0.15) is 35.7 Å². The molecule has 6 heteroatoms. The molecule has 1 aliphatic heterocycles. The van der Waals surface area contributed by atoms with E-state index in [9.17, 15) is 0 Å². The Kier molecular flexibility index (Phi) is 5.30. The lowest BCUT2D eigenvalue weighted by molar-refractivity contribution is 0.196. The van der Waals surface area contributed by atoms with Crippen LogP contribution in [0.5, 0.6) is 5.75 Å². The zero-order chi connectivity index (χ0) is 19.5. The van der Waals surface area contributed by atoms with Crippen molar-refractivity contribution in [2.45, 2.75) is 32.2 Å². The smallest absolute Gasteiger partial charge is 0.157 e. The van der Waals surface area contributed by atoms with Crippen LogP contribution in [-0.2, 0) is 6.54 Å². The van der Waals surface area contributed by atoms with Crippen molar-refractivity contribution in [2.75, 3.05) is 25.4 Å². The lowest BCUT2D eigenvalue weighted by Gasteiger charge is -2.33. The van der Waals surface area contributed by atoms with Crippen molar-refractivity contribution in [3.05, 3.63) is 66.0 Å². The molecule has 2 aromatic heterocycles. The van der Waals surface area contributed by atoms with Gasteiger partial charge in [-0.15, -0.1) is 0 Å². The lowest BCUT2D eigenvalue weighted by atomic mass is 9.94. The SMILES string of the molecule is C=CCOc1ccccc1CN1CCC[C@H](c2cc(N)n3nc(C)cc3n2)C1. The Bertz CT molecular complexity index is 980. The number of fused-ring (bicyclic) bond motifs is 1. The number of piperidine rings is 1. The molecule has 4 rings (SSSR count). The molecular formula is C22H27N5O. The Morgan fingerprint density at radius 3 is 3.04 bits per heavy atom. The van der Waals surface area contributed by atoms with E-state index in [0.717, 1.165) is 55.3 Å². The number of nitrogens with zero attached hydrogens (tertiary/aromatic N) is 4. The first-order valence-corrected chi connectivity index (χ1v) is 9.81. The highest BCUT2D eigenvalue weighted by Crippen LogP contribution is 2.29. The Balaban J connectivity index is 1.52. The fraction of sp³-hybridized carbons (Fsp3) is 0.364. The van der Waals surface area contributed by atoms with E-state index in [2.05, 4.69) is 28.7 Å². The minimum atomic E-state index is 0.373. The number of ether oxygens (including phenoxy) is 1. The van der Waals surface area contributed by atoms with E-state index in [0.29, 0.717) is 18.3 Å². The molecule has 0 saturated carbocycles. The van der Waals surface area contributed by atoms with Gasteiger partial charge in [0.15, 0.2) is 5.65 Å². The fourth-order valence-corrected chi connectivity index (χ4v) is 3.95. The third kappa shape index (κ3) is 3.87. The zero-order valence-electron chi connectivity index (χ0n) is 16.3. The van der Waals surface area contributed by atoms with E-state index < -0.39 is 0 Å². The van der Waals surface area contributed by atoms with Gasteiger partial charge in [0, 0.05) is 36.7 Å². The average molecular weight is 377 g/mol. The van der Waals surface area contributed by atoms with Crippen LogP contribution in [0, 0.1) is 6.92 Å². The molecule has 28 heavy (non-hydrogen) atoms. The Morgan fingerprint density at radius 2 is 2.18 bits per heavy atom. The monoisotopic (exact) mass is 377 g/mol. The van der Waals surface area contributed by atoms with Crippen molar-refractivity contribution < 1.29 is 4.74 Å². The normalized spacial score (nSPS) is 17.7. The molecule has 0 aliphatic carbocycles. The van der Waals surface area contributed by atoms with Gasteiger partial charge in [-0.1, -0.05) is 30.9 Å². The summed E-state index contributed by atoms with van der Waals surface area (Å²) < 4.78 is 7.54. The second-order valence-electron chi connectivity index (χ2n) is 7.44. The summed E-state index contributed by atoms with van der Waals surface area (Å²) in [4.78, 5) is 7.32. The number of likely N-dealkylation sites (tertiary alicyclic amines) is 1. The van der Waals surface area contributed by atoms with Crippen LogP contribution in [-0.4, -0.2) is 39.2 Å². The first kappa shape index (κ1) is 18.5. The summed E-state index contributed by atoms with van der Waals surface area (Å²) in [6.07, 6.45) is 4.05. The van der Waals surface area contributed by atoms with Crippen LogP contribution in [0.3, 0.4) is 0 Å². The van der Waals surface area contributed by atoms with Gasteiger partial charge in [-0.2, -0.15) is 9.61 Å². The van der Waals surface area contributed by atoms with Crippen molar-refractivity contribution in [1.29, 1.82) is 0 Å². The van der Waals surface area contributed by atoms with Crippen molar-refractivity contribution in [3.8, 4) is 5.75 Å². The van der Waals surface area contributed by atoms with Gasteiger partial charge in [-0.25, -0.2) is 4.98 Å². The second kappa shape index (κ2) is 8.02. The molecule has 0 amide bonds. The molecule has 1 fully saturated rings. The molecule has 1 saturated heterocycles. The minimum absolute atomic E-state index is 0.373. The van der Waals surface area contributed by atoms with Crippen LogP contribution in [0.4, 0.5) is 5.82 Å². The average Bonchev–Trinajstić information content (AvgIpc) is 3.08. The molecule has 2 N–H and O–H groups in total. The van der Waals surface area contributed by atoms with E-state index in [4.69, 9.17) is 15.5 Å². The first-order valence-electron chi connectivity index (χ1n) is 9.81. The summed E-state index contributed by atoms with van der Waals surface area (Å²) in [7, 11) is 0. The summed E-state index contributed by atoms with van der Waals surface area (Å²) >= 11 is 0. The Hall–Kier alpha value is -2.86. The van der Waals surface area contributed by atoms with Gasteiger partial charge in [0.25, 0.3) is 0 Å². The van der Waals surface area contributed by atoms with E-state index in [1.54, 1.807) is 10.6 Å². The molecule has 3 aromatic rings. The predicted octanol–water partition coefficient (Wildman–Crippen LogP) is 3.56. The van der Waals surface area contributed by atoms with Gasteiger partial charge in [0.2, 0.25) is 0 Å². The van der Waals surface area contributed by atoms with Crippen molar-refractivity contribution in [2.24, 2.45) is 0 Å². The lowest BCUT2D eigenvalue weighted by Crippen LogP contribution is -2.34. The molecular weight excluding hydrogens is 350 g/mol. The van der Waals surface area contributed by atoms with E-state index in [1.807, 2.05) is 31.2 Å². The van der Waals surface area contributed by atoms with E-state index in [1.165, 1.54) is 5.56 Å². The third-order valence-corrected chi connectivity index (χ3v) is 5.24. The topological polar surface area (TPSA) is 68.7 Å². The van der Waals surface area contributed by atoms with Crippen LogP contribution >= 0.6 is 0 Å². The van der Waals surface area contributed by atoms with E-state index >= 15 is 0 Å². The molecule has 0 bridgehead atoms. The molecule has 1 atom stereocenters. The standard InChI is InChI=1S/C22H27N5O/c1-3-11-28-20-9-5-4-7-18(20)15-26-10-6-8-17(14-26)19-13-21(23)27-22(24-19)12-16(2)25-27/h3-5,7,9,12-13,17H,1,6,8,10-11,14-15,23H2,2H3/t17-/m0/s1. The van der Waals surface area contributed by atoms with Gasteiger partial charge < -0.3 is 10.5 Å². The number of benzene rings is 1. The highest BCUT2D eigenvalue weighted by molar-refractivity contribution is 5.48. The maximum atomic E-state index is 6.22. The number of anilines is 1. The van der Waals surface area contributed by atoms with Crippen LogP contribution in [0.15, 0.2) is 49.1 Å². The number of para-hydroxylation sites is 1. The largest absolute Gasteiger partial charge is 0.489 e. The molecule has 6 nitrogen and oxygen atoms in total. The number of nitrogen functional groups attached to an aromatic ring is 1. The number of aryl methyl sites for hydroxylation is 1. The van der Waals surface area contributed by atoms with Gasteiger partial charge in [-0.05, 0) is 32.4 Å². The zero-order valence-corrected chi connectivity index (χ0v) is 16.3. The molecule has 1 aliphatic rings. The summed E-state index contributed by atoms with van der Waals surface area (Å²) in [6.45, 7) is 9.13. The Labute approximate surface area is 165 Å². The molecule has 3 heterocycles. The summed E-state index contributed by atoms with van der Waals surface area (Å²) in [5.74, 6) is 1.95. The third-order valence-electron chi connectivity index (χ3n) is 5.24. The van der Waals surface area contributed by atoms with Gasteiger partial charge in [-0.3, -0.25) is 4.90 Å². The van der Waals surface area contributed by atoms with Crippen molar-refractivity contribution >= 4 is 11.5 Å². The highest BCUT2D eigenvalue weighted by Gasteiger charge is 2.24. The van der Waals surface area contributed by atoms with Crippen LogP contribution in [0.2, 0.25) is 0 Å². The van der Waals surface area contributed by atoms with Crippen LogP contribution in [0.25, 0.3) is 5.65 Å². The Morgan fingerprint density at radius 1 is 1.32 bits per heavy atom. The molecule has 0 radical (unpaired) electrons. The number of nitrogens with two attached hydrogens (primary N) is 1. The van der Waals surface area contributed by atoms with Gasteiger partial charge in [0.1, 0.15) is 18.2 Å². The molecule has 146 valence electrons. The molecule has 0 spiro atoms. The molecule has 0 unspecified atom stereocenters. The maximum absolute atomic E-state index is 6.22. The first-order chi connectivity index (χ1) is 13.6. The predicted molar refractivity (Wildman–Crippen MR) is 112 cm³/mol. The summed E-state index contributed by atoms with van der Waals surface area (Å²) in [5.41, 5.74) is 10.2. The quantitative estimate of drug-likeness (QED) is 0.665. The number of aromatic nitrogens is 3. The van der Waals surface area contributed by atoms with Crippen molar-refractivity contribution in [3.63, 3.8) is 0 Å².